The Bertz CT molecular complexity index is 691. The summed E-state index contributed by atoms with van der Waals surface area (Å²) in [6.07, 6.45) is 0. The van der Waals surface area contributed by atoms with Crippen molar-refractivity contribution in [3.05, 3.63) is 59.7 Å². The van der Waals surface area contributed by atoms with E-state index in [1.54, 1.807) is 0 Å². The molecule has 0 spiro atoms. The first-order valence-corrected chi connectivity index (χ1v) is 9.28. The van der Waals surface area contributed by atoms with E-state index in [2.05, 4.69) is 32.3 Å². The van der Waals surface area contributed by atoms with Gasteiger partial charge < -0.3 is 15.7 Å². The summed E-state index contributed by atoms with van der Waals surface area (Å²) in [5.41, 5.74) is 3.95. The molecule has 0 aliphatic carbocycles. The van der Waals surface area contributed by atoms with E-state index >= 15 is 0 Å². The number of para-hydroxylation sites is 2. The van der Waals surface area contributed by atoms with Crippen LogP contribution in [0, 0.1) is 13.8 Å². The van der Waals surface area contributed by atoms with Gasteiger partial charge in [0.1, 0.15) is 0 Å². The molecule has 0 heterocycles. The zero-order valence-corrected chi connectivity index (χ0v) is 18.1. The van der Waals surface area contributed by atoms with Crippen molar-refractivity contribution in [2.45, 2.75) is 34.6 Å². The maximum Gasteiger partial charge on any atom is 0.300 e. The molecule has 0 aromatic heterocycles. The Hall–Kier alpha value is -2.57. The van der Waals surface area contributed by atoms with Gasteiger partial charge in [0.2, 0.25) is 11.8 Å². The molecule has 8 heteroatoms. The number of anilines is 2. The lowest BCUT2D eigenvalue weighted by atomic mass is 10.2. The second-order valence-corrected chi connectivity index (χ2v) is 5.51. The third-order valence-electron chi connectivity index (χ3n) is 2.91. The number of halogens is 2. The first-order chi connectivity index (χ1) is 13.1. The minimum absolute atomic E-state index is 0.0284. The molecule has 2 aromatic rings. The smallest absolute Gasteiger partial charge is 0.300 e. The Labute approximate surface area is 175 Å². The number of amides is 2. The van der Waals surface area contributed by atoms with Gasteiger partial charge in [-0.1, -0.05) is 36.4 Å². The molecule has 0 aliphatic rings. The van der Waals surface area contributed by atoms with Crippen molar-refractivity contribution in [2.75, 3.05) is 10.6 Å². The second-order valence-electron chi connectivity index (χ2n) is 5.51. The van der Waals surface area contributed by atoms with Gasteiger partial charge in [0, 0.05) is 53.9 Å². The fourth-order valence-electron chi connectivity index (χ4n) is 1.81. The predicted octanol–water partition coefficient (Wildman–Crippen LogP) is 5.38. The van der Waals surface area contributed by atoms with Crippen LogP contribution in [0.4, 0.5) is 11.4 Å². The summed E-state index contributed by atoms with van der Waals surface area (Å²) >= 11 is 0. The van der Waals surface area contributed by atoms with Crippen molar-refractivity contribution >= 4 is 50.9 Å². The maximum atomic E-state index is 10.7. The van der Waals surface area contributed by atoms with Crippen molar-refractivity contribution in [1.82, 2.24) is 0 Å². The summed E-state index contributed by atoms with van der Waals surface area (Å²) < 4.78 is 0. The lowest BCUT2D eigenvalue weighted by Crippen LogP contribution is -2.06. The van der Waals surface area contributed by atoms with E-state index in [4.69, 9.17) is 9.90 Å². The van der Waals surface area contributed by atoms with Crippen LogP contribution in [0.15, 0.2) is 48.5 Å². The minimum Gasteiger partial charge on any atom is -0.481 e. The van der Waals surface area contributed by atoms with E-state index in [0.29, 0.717) is 0 Å². The van der Waals surface area contributed by atoms with Gasteiger partial charge in [-0.2, -0.15) is 0 Å². The van der Waals surface area contributed by atoms with Gasteiger partial charge in [-0.25, -0.2) is 0 Å². The second kappa shape index (κ2) is 16.6. The van der Waals surface area contributed by atoms with Crippen LogP contribution in [0.2, 0.25) is 0 Å². The first-order valence-electron chi connectivity index (χ1n) is 8.13. The highest BCUT2D eigenvalue weighted by atomic mass is 36.5. The minimum atomic E-state index is -0.833. The van der Waals surface area contributed by atoms with E-state index in [1.165, 1.54) is 13.8 Å². The largest absolute Gasteiger partial charge is 0.481 e. The van der Waals surface area contributed by atoms with Gasteiger partial charge in [-0.15, -0.1) is 0 Å². The number of benzene rings is 2. The van der Waals surface area contributed by atoms with Crippen molar-refractivity contribution < 1.29 is 19.5 Å². The molecule has 0 bridgehead atoms. The molecule has 0 saturated carbocycles. The highest BCUT2D eigenvalue weighted by Crippen LogP contribution is 2.13. The lowest BCUT2D eigenvalue weighted by molar-refractivity contribution is -0.134. The zero-order valence-electron chi connectivity index (χ0n) is 16.5. The Balaban J connectivity index is 0. The predicted molar refractivity (Wildman–Crippen MR) is 116 cm³/mol. The first kappa shape index (κ1) is 27.6. The van der Waals surface area contributed by atoms with Crippen LogP contribution in [0.25, 0.3) is 0 Å². The molecule has 0 radical (unpaired) electrons. The average molecular weight is 429 g/mol. The molecule has 0 atom stereocenters. The quantitative estimate of drug-likeness (QED) is 0.598. The van der Waals surface area contributed by atoms with Crippen LogP contribution in [-0.4, -0.2) is 22.9 Å². The molecule has 154 valence electrons. The van der Waals surface area contributed by atoms with Gasteiger partial charge in [0.15, 0.2) is 0 Å². The number of aliphatic carboxylic acids is 1. The van der Waals surface area contributed by atoms with Gasteiger partial charge in [0.25, 0.3) is 5.97 Å². The van der Waals surface area contributed by atoms with Crippen molar-refractivity contribution in [2.24, 2.45) is 0 Å². The van der Waals surface area contributed by atoms with Crippen LogP contribution in [0.5, 0.6) is 0 Å². The number of rotatable bonds is 2. The van der Waals surface area contributed by atoms with E-state index < -0.39 is 5.97 Å². The van der Waals surface area contributed by atoms with Crippen molar-refractivity contribution in [1.29, 1.82) is 0 Å². The normalized spacial score (nSPS) is 8.39. The van der Waals surface area contributed by atoms with Gasteiger partial charge in [-0.05, 0) is 37.1 Å². The summed E-state index contributed by atoms with van der Waals surface area (Å²) in [6.45, 7) is 8.02. The number of hydrogen-bond donors (Lipinski definition) is 3. The van der Waals surface area contributed by atoms with E-state index in [9.17, 15) is 9.59 Å². The molecule has 28 heavy (non-hydrogen) atoms. The molecule has 2 rings (SSSR count). The molecule has 2 amide bonds. The van der Waals surface area contributed by atoms with Gasteiger partial charge in [0.05, 0.1) is 0 Å². The van der Waals surface area contributed by atoms with Crippen molar-refractivity contribution in [3.63, 3.8) is 0 Å². The molecule has 0 aliphatic heterocycles. The van der Waals surface area contributed by atoms with Crippen molar-refractivity contribution in [3.8, 4) is 0 Å². The number of carbonyl (C=O) groups excluding carboxylic acids is 2. The summed E-state index contributed by atoms with van der Waals surface area (Å²) in [7, 11) is 8.22. The van der Waals surface area contributed by atoms with Crippen LogP contribution in [0.3, 0.4) is 0 Å². The monoisotopic (exact) mass is 428 g/mol. The molecule has 3 N–H and O–H groups in total. The molecular formula is C20H26Cl2N2O4. The summed E-state index contributed by atoms with van der Waals surface area (Å²) in [6, 6.07) is 15.4. The summed E-state index contributed by atoms with van der Waals surface area (Å²) in [5, 5.41) is 12.9. The van der Waals surface area contributed by atoms with E-state index in [-0.39, 0.29) is 11.8 Å². The van der Waals surface area contributed by atoms with E-state index in [1.807, 2.05) is 62.4 Å². The number of carboxylic acid groups (broad SMARTS) is 1. The third kappa shape index (κ3) is 15.7. The lowest BCUT2D eigenvalue weighted by Gasteiger charge is -2.03. The van der Waals surface area contributed by atoms with Crippen LogP contribution >= 0.6 is 21.7 Å². The zero-order chi connectivity index (χ0) is 22.1. The third-order valence-corrected chi connectivity index (χ3v) is 2.91. The number of carboxylic acids is 1. The molecule has 6 nitrogen and oxygen atoms in total. The maximum absolute atomic E-state index is 10.7. The van der Waals surface area contributed by atoms with E-state index in [0.717, 1.165) is 29.4 Å². The Kier molecular flexibility index (Phi) is 16.4. The number of hydrogen-bond acceptors (Lipinski definition) is 3. The molecule has 0 unspecified atom stereocenters. The number of nitrogens with one attached hydrogen (secondary N) is 2. The average Bonchev–Trinajstić information content (AvgIpc) is 2.60. The molecule has 0 fully saturated rings. The Morgan fingerprint density at radius 3 is 1.18 bits per heavy atom. The number of aryl methyl sites for hydroxylation is 2. The Morgan fingerprint density at radius 2 is 0.964 bits per heavy atom. The van der Waals surface area contributed by atoms with Crippen LogP contribution < -0.4 is 10.6 Å². The fraction of sp³-hybridized carbons (Fsp3) is 0.250. The molecule has 0 saturated heterocycles. The van der Waals surface area contributed by atoms with Gasteiger partial charge >= 0.3 is 0 Å². The topological polar surface area (TPSA) is 95.5 Å². The Morgan fingerprint density at radius 1 is 0.714 bits per heavy atom. The summed E-state index contributed by atoms with van der Waals surface area (Å²) in [5.74, 6) is -0.890. The highest BCUT2D eigenvalue weighted by Gasteiger charge is 1.97. The highest BCUT2D eigenvalue weighted by molar-refractivity contribution is 6.85. The SMILES string of the molecule is CC(=O)Nc1ccccc1C.CC(=O)Nc1ccccc1C.CC(=O)O.ClCl. The molecule has 2 aromatic carbocycles. The standard InChI is InChI=1S/2C9H11NO.C2H4O2.Cl2/c2*1-7-5-3-4-6-9(7)10-8(2)11;1-2(3)4;1-2/h2*3-6H,1-2H3,(H,10,11);1H3,(H,3,4);. The van der Waals surface area contributed by atoms with Gasteiger partial charge in [-0.3, -0.25) is 14.4 Å². The van der Waals surface area contributed by atoms with Crippen LogP contribution in [0.1, 0.15) is 31.9 Å². The summed E-state index contributed by atoms with van der Waals surface area (Å²) in [4.78, 5) is 30.3. The number of carbonyl (C=O) groups is 3. The van der Waals surface area contributed by atoms with Crippen LogP contribution in [-0.2, 0) is 14.4 Å². The molecular weight excluding hydrogens is 403 g/mol. The fourth-order valence-corrected chi connectivity index (χ4v) is 1.81.